The van der Waals surface area contributed by atoms with Crippen molar-refractivity contribution in [1.29, 1.82) is 0 Å². The maximum absolute atomic E-state index is 13.3. The van der Waals surface area contributed by atoms with Crippen LogP contribution in [0.15, 0.2) is 64.6 Å². The summed E-state index contributed by atoms with van der Waals surface area (Å²) in [7, 11) is -3.51. The van der Waals surface area contributed by atoms with Crippen LogP contribution >= 0.6 is 11.6 Å². The molecule has 3 nitrogen and oxygen atoms in total. The highest BCUT2D eigenvalue weighted by Gasteiger charge is 2.33. The van der Waals surface area contributed by atoms with Crippen LogP contribution < -0.4 is 0 Å². The van der Waals surface area contributed by atoms with Crippen LogP contribution in [0.25, 0.3) is 10.8 Å². The van der Waals surface area contributed by atoms with E-state index < -0.39 is 10.0 Å². The van der Waals surface area contributed by atoms with Gasteiger partial charge in [0.05, 0.1) is 4.90 Å². The van der Waals surface area contributed by atoms with Gasteiger partial charge < -0.3 is 0 Å². The number of fused-ring (bicyclic) bond motifs is 1. The van der Waals surface area contributed by atoms with Gasteiger partial charge in [-0.2, -0.15) is 4.31 Å². The van der Waals surface area contributed by atoms with Gasteiger partial charge in [0.25, 0.3) is 0 Å². The van der Waals surface area contributed by atoms with Gasteiger partial charge >= 0.3 is 0 Å². The Labute approximate surface area is 166 Å². The predicted octanol–water partition coefficient (Wildman–Crippen LogP) is 5.25. The Kier molecular flexibility index (Phi) is 5.15. The van der Waals surface area contributed by atoms with E-state index in [9.17, 15) is 8.42 Å². The van der Waals surface area contributed by atoms with E-state index in [2.05, 4.69) is 18.2 Å². The minimum Gasteiger partial charge on any atom is -0.207 e. The summed E-state index contributed by atoms with van der Waals surface area (Å²) in [5.41, 5.74) is 1.09. The predicted molar refractivity (Wildman–Crippen MR) is 111 cm³/mol. The summed E-state index contributed by atoms with van der Waals surface area (Å²) < 4.78 is 28.3. The van der Waals surface area contributed by atoms with Gasteiger partial charge in [0.2, 0.25) is 10.0 Å². The van der Waals surface area contributed by atoms with Gasteiger partial charge in [0.1, 0.15) is 0 Å². The van der Waals surface area contributed by atoms with Crippen molar-refractivity contribution >= 4 is 32.4 Å². The molecule has 0 spiro atoms. The maximum Gasteiger partial charge on any atom is 0.243 e. The van der Waals surface area contributed by atoms with Gasteiger partial charge in [-0.25, -0.2) is 8.42 Å². The van der Waals surface area contributed by atoms with Gasteiger partial charge in [-0.15, -0.1) is 0 Å². The lowest BCUT2D eigenvalue weighted by molar-refractivity contribution is 0.248. The van der Waals surface area contributed by atoms with Crippen molar-refractivity contribution in [2.75, 3.05) is 13.1 Å². The van der Waals surface area contributed by atoms with Crippen molar-refractivity contribution in [3.8, 4) is 0 Å². The van der Waals surface area contributed by atoms with E-state index in [4.69, 9.17) is 11.6 Å². The third-order valence-corrected chi connectivity index (χ3v) is 8.20. The molecule has 2 aliphatic rings. The van der Waals surface area contributed by atoms with E-state index >= 15 is 0 Å². The molecule has 1 fully saturated rings. The van der Waals surface area contributed by atoms with Gasteiger partial charge in [-0.3, -0.25) is 0 Å². The number of aryl methyl sites for hydroxylation is 1. The molecule has 2 aromatic rings. The summed E-state index contributed by atoms with van der Waals surface area (Å²) in [6.45, 7) is 3.10. The summed E-state index contributed by atoms with van der Waals surface area (Å²) in [4.78, 5) is 0.414. The van der Waals surface area contributed by atoms with E-state index in [0.29, 0.717) is 23.9 Å². The molecule has 0 amide bonds. The second-order valence-electron chi connectivity index (χ2n) is 7.45. The van der Waals surface area contributed by atoms with E-state index in [1.807, 2.05) is 37.3 Å². The molecule has 142 valence electrons. The molecule has 1 saturated heterocycles. The van der Waals surface area contributed by atoms with E-state index in [1.165, 1.54) is 0 Å². The van der Waals surface area contributed by atoms with Crippen LogP contribution in [-0.4, -0.2) is 25.8 Å². The first-order chi connectivity index (χ1) is 13.0. The third kappa shape index (κ3) is 3.46. The lowest BCUT2D eigenvalue weighted by Gasteiger charge is -2.35. The molecule has 2 aromatic carbocycles. The summed E-state index contributed by atoms with van der Waals surface area (Å²) in [6, 6.07) is 11.4. The minimum atomic E-state index is -3.51. The lowest BCUT2D eigenvalue weighted by Crippen LogP contribution is -2.40. The summed E-state index contributed by atoms with van der Waals surface area (Å²) in [6.07, 6.45) is 8.96. The number of halogens is 1. The molecule has 0 radical (unpaired) electrons. The number of hydrogen-bond donors (Lipinski definition) is 0. The van der Waals surface area contributed by atoms with Crippen LogP contribution in [0.4, 0.5) is 0 Å². The molecule has 4 rings (SSSR count). The fourth-order valence-corrected chi connectivity index (χ4v) is 6.28. The Morgan fingerprint density at radius 1 is 1.04 bits per heavy atom. The first kappa shape index (κ1) is 18.7. The normalized spacial score (nSPS) is 22.1. The molecular weight excluding hydrogens is 378 g/mol. The maximum atomic E-state index is 13.3. The summed E-state index contributed by atoms with van der Waals surface area (Å²) in [5, 5.41) is 2.71. The Bertz CT molecular complexity index is 1020. The molecule has 0 saturated carbocycles. The monoisotopic (exact) mass is 401 g/mol. The second-order valence-corrected chi connectivity index (χ2v) is 9.79. The Hall–Kier alpha value is -1.62. The highest BCUT2D eigenvalue weighted by atomic mass is 35.5. The van der Waals surface area contributed by atoms with Crippen molar-refractivity contribution in [2.45, 2.75) is 31.1 Å². The van der Waals surface area contributed by atoms with E-state index in [1.54, 1.807) is 10.4 Å². The Balaban J connectivity index is 1.58. The number of allylic oxidation sites excluding steroid dienone is 4. The van der Waals surface area contributed by atoms with Crippen LogP contribution in [0, 0.1) is 18.8 Å². The number of nitrogens with zero attached hydrogens (tertiary/aromatic N) is 1. The summed E-state index contributed by atoms with van der Waals surface area (Å²) >= 11 is 6.40. The quantitative estimate of drug-likeness (QED) is 0.659. The van der Waals surface area contributed by atoms with Crippen LogP contribution in [-0.2, 0) is 10.0 Å². The smallest absolute Gasteiger partial charge is 0.207 e. The SMILES string of the molecule is Cc1ccc(S(=O)(=O)N2CCC(C3C=CCC=C3Cl)CC2)c2ccccc12. The van der Waals surface area contributed by atoms with Crippen LogP contribution in [0.3, 0.4) is 0 Å². The topological polar surface area (TPSA) is 37.4 Å². The average molecular weight is 402 g/mol. The number of rotatable bonds is 3. The van der Waals surface area contributed by atoms with E-state index in [-0.39, 0.29) is 5.92 Å². The van der Waals surface area contributed by atoms with Crippen molar-refractivity contribution < 1.29 is 8.42 Å². The lowest BCUT2D eigenvalue weighted by atomic mass is 9.82. The third-order valence-electron chi connectivity index (χ3n) is 5.84. The molecule has 0 aromatic heterocycles. The van der Waals surface area contributed by atoms with Gasteiger partial charge in [-0.1, -0.05) is 60.2 Å². The van der Waals surface area contributed by atoms with Crippen molar-refractivity contribution in [2.24, 2.45) is 11.8 Å². The molecule has 1 atom stereocenters. The standard InChI is InChI=1S/C22H24ClNO2S/c1-16-10-11-22(20-8-3-2-6-18(16)20)27(25,26)24-14-12-17(13-15-24)19-7-4-5-9-21(19)23/h2-4,6-11,17,19H,5,12-15H2,1H3. The number of benzene rings is 2. The number of sulfonamides is 1. The van der Waals surface area contributed by atoms with Crippen LogP contribution in [0.5, 0.6) is 0 Å². The molecular formula is C22H24ClNO2S. The average Bonchev–Trinajstić information content (AvgIpc) is 2.69. The minimum absolute atomic E-state index is 0.241. The van der Waals surface area contributed by atoms with Crippen LogP contribution in [0.2, 0.25) is 0 Å². The van der Waals surface area contributed by atoms with Crippen molar-refractivity contribution in [3.63, 3.8) is 0 Å². The highest BCUT2D eigenvalue weighted by molar-refractivity contribution is 7.89. The zero-order valence-electron chi connectivity index (χ0n) is 15.4. The molecule has 1 heterocycles. The molecule has 1 aliphatic heterocycles. The molecule has 5 heteroatoms. The molecule has 1 aliphatic carbocycles. The largest absolute Gasteiger partial charge is 0.243 e. The highest BCUT2D eigenvalue weighted by Crippen LogP contribution is 2.37. The first-order valence-electron chi connectivity index (χ1n) is 9.49. The Morgan fingerprint density at radius 3 is 2.44 bits per heavy atom. The van der Waals surface area contributed by atoms with Gasteiger partial charge in [-0.05, 0) is 49.1 Å². The van der Waals surface area contributed by atoms with Crippen LogP contribution in [0.1, 0.15) is 24.8 Å². The van der Waals surface area contributed by atoms with E-state index in [0.717, 1.165) is 40.6 Å². The Morgan fingerprint density at radius 2 is 1.74 bits per heavy atom. The molecule has 0 bridgehead atoms. The fourth-order valence-electron chi connectivity index (χ4n) is 4.28. The first-order valence-corrected chi connectivity index (χ1v) is 11.3. The molecule has 0 N–H and O–H groups in total. The zero-order chi connectivity index (χ0) is 19.0. The fraction of sp³-hybridized carbons (Fsp3) is 0.364. The number of hydrogen-bond acceptors (Lipinski definition) is 2. The second kappa shape index (κ2) is 7.42. The summed E-state index contributed by atoms with van der Waals surface area (Å²) in [5.74, 6) is 0.650. The molecule has 27 heavy (non-hydrogen) atoms. The van der Waals surface area contributed by atoms with Gasteiger partial charge in [0, 0.05) is 29.4 Å². The van der Waals surface area contributed by atoms with Crippen molar-refractivity contribution in [3.05, 3.63) is 65.2 Å². The zero-order valence-corrected chi connectivity index (χ0v) is 17.0. The van der Waals surface area contributed by atoms with Gasteiger partial charge in [0.15, 0.2) is 0 Å². The van der Waals surface area contributed by atoms with Crippen molar-refractivity contribution in [1.82, 2.24) is 4.31 Å². The molecule has 1 unspecified atom stereocenters. The number of piperidine rings is 1.